The molecular formula is C25H46N2O2SSiSn. The molecule has 0 aliphatic carbocycles. The molecule has 0 atom stereocenters. The van der Waals surface area contributed by atoms with Crippen molar-refractivity contribution in [1.29, 1.82) is 0 Å². The molecule has 182 valence electrons. The normalized spacial score (nSPS) is 12.9. The van der Waals surface area contributed by atoms with E-state index in [0.717, 1.165) is 10.6 Å². The number of hydrogen-bond donors (Lipinski definition) is 0. The summed E-state index contributed by atoms with van der Waals surface area (Å²) in [5.74, 6) is 0.209. The van der Waals surface area contributed by atoms with Crippen LogP contribution in [0, 0.1) is 0 Å². The molecule has 0 spiro atoms. The van der Waals surface area contributed by atoms with Crippen LogP contribution >= 0.6 is 11.3 Å². The number of ketones is 1. The molecule has 0 aliphatic rings. The van der Waals surface area contributed by atoms with Gasteiger partial charge in [-0.1, -0.05) is 0 Å². The van der Waals surface area contributed by atoms with Crippen molar-refractivity contribution in [1.82, 2.24) is 9.38 Å². The molecule has 4 nitrogen and oxygen atoms in total. The summed E-state index contributed by atoms with van der Waals surface area (Å²) in [6.45, 7) is 18.1. The predicted molar refractivity (Wildman–Crippen MR) is 145 cm³/mol. The summed E-state index contributed by atoms with van der Waals surface area (Å²) in [6, 6.07) is 0. The number of nitrogens with zero attached hydrogens (tertiary/aromatic N) is 2. The number of thiazole rings is 1. The quantitative estimate of drug-likeness (QED) is 0.178. The monoisotopic (exact) mass is 586 g/mol. The standard InChI is InChI=1S/C13H19N2O2SSi.3C4H9.Sn/c1-13(2,3)11-12-15(8-14-11)6-10(18-12)9(16)7-17-19(4)5;3*1-3-4-2;/h8,19H,7H2,1-5H3;3*1,3-4H2,2H3;. The molecule has 0 radical (unpaired) electrons. The van der Waals surface area contributed by atoms with Crippen molar-refractivity contribution in [2.45, 2.75) is 112 Å². The minimum absolute atomic E-state index is 0.0347. The average molecular weight is 586 g/mol. The van der Waals surface area contributed by atoms with Gasteiger partial charge in [-0.3, -0.25) is 0 Å². The fraction of sp³-hybridized carbons (Fsp3) is 0.760. The number of aromatic nitrogens is 2. The summed E-state index contributed by atoms with van der Waals surface area (Å²) in [5, 5.41) is 0. The van der Waals surface area contributed by atoms with Crippen LogP contribution in [0.2, 0.25) is 26.4 Å². The molecule has 2 aromatic heterocycles. The maximum atomic E-state index is 13.6. The molecule has 0 saturated heterocycles. The molecule has 0 fully saturated rings. The molecule has 0 bridgehead atoms. The summed E-state index contributed by atoms with van der Waals surface area (Å²) in [5.41, 5.74) is 1.09. The van der Waals surface area contributed by atoms with Gasteiger partial charge in [0.1, 0.15) is 0 Å². The molecule has 0 saturated carbocycles. The summed E-state index contributed by atoms with van der Waals surface area (Å²) >= 11 is -1.16. The first-order valence-electron chi connectivity index (χ1n) is 12.8. The second kappa shape index (κ2) is 12.5. The Bertz CT molecular complexity index is 848. The Hall–Kier alpha value is -0.184. The fourth-order valence-electron chi connectivity index (χ4n) is 4.63. The second-order valence-electron chi connectivity index (χ2n) is 10.7. The van der Waals surface area contributed by atoms with Gasteiger partial charge in [0.15, 0.2) is 0 Å². The van der Waals surface area contributed by atoms with Crippen LogP contribution < -0.4 is 3.71 Å². The summed E-state index contributed by atoms with van der Waals surface area (Å²) in [4.78, 5) is 20.7. The SMILES string of the molecule is CCC[CH2][Sn]([CH2]CCC)([CH2]CCC)[c]1c(C(=O)CO[SiH](C)C)sc2c(C(C)(C)C)ncn12. The van der Waals surface area contributed by atoms with Crippen molar-refractivity contribution in [2.24, 2.45) is 0 Å². The number of carbonyl (C=O) groups is 1. The third kappa shape index (κ3) is 6.69. The maximum absolute atomic E-state index is 13.6. The van der Waals surface area contributed by atoms with Crippen molar-refractivity contribution in [3.05, 3.63) is 16.9 Å². The Morgan fingerprint density at radius 2 is 1.59 bits per heavy atom. The first-order chi connectivity index (χ1) is 15.1. The minimum atomic E-state index is -2.87. The van der Waals surface area contributed by atoms with E-state index in [1.54, 1.807) is 11.3 Å². The Labute approximate surface area is 206 Å². The number of carbonyl (C=O) groups excluding carboxylic acids is 1. The molecule has 0 N–H and O–H groups in total. The number of imidazole rings is 1. The van der Waals surface area contributed by atoms with Crippen LogP contribution in [0.15, 0.2) is 6.33 Å². The van der Waals surface area contributed by atoms with Gasteiger partial charge in [-0.2, -0.15) is 0 Å². The Kier molecular flexibility index (Phi) is 11.0. The molecule has 2 rings (SSSR count). The second-order valence-corrected chi connectivity index (χ2v) is 27.0. The molecule has 7 heteroatoms. The first kappa shape index (κ1) is 28.1. The van der Waals surface area contributed by atoms with Gasteiger partial charge in [-0.25, -0.2) is 0 Å². The molecule has 2 aromatic rings. The number of hydrogen-bond acceptors (Lipinski definition) is 4. The fourth-order valence-corrected chi connectivity index (χ4v) is 25.2. The van der Waals surface area contributed by atoms with Crippen LogP contribution in [0.25, 0.3) is 4.83 Å². The Morgan fingerprint density at radius 1 is 1.06 bits per heavy atom. The molecule has 0 aliphatic heterocycles. The molecule has 0 amide bonds. The van der Waals surface area contributed by atoms with E-state index in [1.165, 1.54) is 60.4 Å². The molecule has 0 unspecified atom stereocenters. The van der Waals surface area contributed by atoms with Crippen LogP contribution in [0.4, 0.5) is 0 Å². The van der Waals surface area contributed by atoms with E-state index in [9.17, 15) is 4.79 Å². The summed E-state index contributed by atoms with van der Waals surface area (Å²) in [7, 11) is -1.24. The first-order valence-corrected chi connectivity index (χ1v) is 23.8. The number of unbranched alkanes of at least 4 members (excludes halogenated alkanes) is 3. The summed E-state index contributed by atoms with van der Waals surface area (Å²) in [6.07, 6.45) is 9.58. The van der Waals surface area contributed by atoms with Crippen LogP contribution in [0.5, 0.6) is 0 Å². The summed E-state index contributed by atoms with van der Waals surface area (Å²) < 4.78 is 13.8. The van der Waals surface area contributed by atoms with E-state index < -0.39 is 27.4 Å². The van der Waals surface area contributed by atoms with Crippen molar-refractivity contribution in [2.75, 3.05) is 6.61 Å². The zero-order valence-electron chi connectivity index (χ0n) is 21.8. The van der Waals surface area contributed by atoms with E-state index in [1.807, 2.05) is 6.33 Å². The van der Waals surface area contributed by atoms with E-state index in [4.69, 9.17) is 9.41 Å². The molecule has 2 heterocycles. The van der Waals surface area contributed by atoms with Gasteiger partial charge in [0.05, 0.1) is 0 Å². The van der Waals surface area contributed by atoms with E-state index in [2.05, 4.69) is 59.0 Å². The van der Waals surface area contributed by atoms with Crippen LogP contribution in [-0.4, -0.2) is 49.2 Å². The van der Waals surface area contributed by atoms with Crippen molar-refractivity contribution in [3.63, 3.8) is 0 Å². The van der Waals surface area contributed by atoms with Crippen molar-refractivity contribution in [3.8, 4) is 0 Å². The third-order valence-corrected chi connectivity index (χ3v) is 24.5. The van der Waals surface area contributed by atoms with Crippen molar-refractivity contribution >= 4 is 53.1 Å². The Balaban J connectivity index is 2.75. The van der Waals surface area contributed by atoms with Gasteiger partial charge in [-0.15, -0.1) is 0 Å². The number of fused-ring (bicyclic) bond motifs is 1. The van der Waals surface area contributed by atoms with Gasteiger partial charge >= 0.3 is 207 Å². The van der Waals surface area contributed by atoms with Crippen molar-refractivity contribution < 1.29 is 9.22 Å². The molecule has 0 aromatic carbocycles. The van der Waals surface area contributed by atoms with Crippen LogP contribution in [-0.2, 0) is 9.84 Å². The van der Waals surface area contributed by atoms with Gasteiger partial charge in [-0.05, 0) is 0 Å². The van der Waals surface area contributed by atoms with E-state index >= 15 is 0 Å². The van der Waals surface area contributed by atoms with E-state index in [-0.39, 0.29) is 17.8 Å². The number of rotatable bonds is 14. The molecule has 32 heavy (non-hydrogen) atoms. The molecular weight excluding hydrogens is 539 g/mol. The Morgan fingerprint density at radius 3 is 2.03 bits per heavy atom. The van der Waals surface area contributed by atoms with E-state index in [0.29, 0.717) is 0 Å². The van der Waals surface area contributed by atoms with Gasteiger partial charge < -0.3 is 0 Å². The van der Waals surface area contributed by atoms with Gasteiger partial charge in [0.2, 0.25) is 0 Å². The van der Waals surface area contributed by atoms with Crippen LogP contribution in [0.1, 0.15) is 95.4 Å². The topological polar surface area (TPSA) is 43.6 Å². The zero-order valence-corrected chi connectivity index (χ0v) is 26.7. The third-order valence-electron chi connectivity index (χ3n) is 6.42. The zero-order chi connectivity index (χ0) is 23.9. The predicted octanol–water partition coefficient (Wildman–Crippen LogP) is 6.93. The number of Topliss-reactive ketones (excluding diaryl/α,β-unsaturated/α-hetero) is 1. The van der Waals surface area contributed by atoms with Crippen LogP contribution in [0.3, 0.4) is 0 Å². The average Bonchev–Trinajstić information content (AvgIpc) is 3.31. The van der Waals surface area contributed by atoms with Gasteiger partial charge in [0, 0.05) is 0 Å². The van der Waals surface area contributed by atoms with Gasteiger partial charge in [0.25, 0.3) is 0 Å².